The largest absolute Gasteiger partial charge is 0.481 e. The summed E-state index contributed by atoms with van der Waals surface area (Å²) in [7, 11) is 0. The van der Waals surface area contributed by atoms with Crippen molar-refractivity contribution in [3.8, 4) is 0 Å². The number of nitrogens with one attached hydrogen (secondary N) is 1. The third-order valence-corrected chi connectivity index (χ3v) is 2.23. The minimum absolute atomic E-state index is 0.375. The van der Waals surface area contributed by atoms with Gasteiger partial charge in [0.25, 0.3) is 0 Å². The zero-order valence-corrected chi connectivity index (χ0v) is 9.30. The van der Waals surface area contributed by atoms with Crippen LogP contribution in [0.15, 0.2) is 30.3 Å². The molecule has 1 rings (SSSR count). The van der Waals surface area contributed by atoms with Gasteiger partial charge in [-0.1, -0.05) is 30.3 Å². The molecule has 0 aromatic heterocycles. The van der Waals surface area contributed by atoms with Crippen LogP contribution in [-0.2, 0) is 16.0 Å². The molecule has 0 saturated carbocycles. The van der Waals surface area contributed by atoms with E-state index in [1.807, 2.05) is 30.3 Å². The molecule has 0 saturated heterocycles. The molecule has 1 amide bonds. The second-order valence-corrected chi connectivity index (χ2v) is 3.64. The van der Waals surface area contributed by atoms with Gasteiger partial charge in [0, 0.05) is 6.54 Å². The molecular weight excluding hydrogens is 222 g/mol. The summed E-state index contributed by atoms with van der Waals surface area (Å²) >= 11 is 0. The van der Waals surface area contributed by atoms with Crippen LogP contribution in [-0.4, -0.2) is 34.7 Å². The molecule has 0 bridgehead atoms. The molecule has 0 aliphatic carbocycles. The molecule has 92 valence electrons. The molecular formula is C12H15NO4. The summed E-state index contributed by atoms with van der Waals surface area (Å²) in [6.45, 7) is 0.375. The fraction of sp³-hybridized carbons (Fsp3) is 0.333. The molecule has 1 unspecified atom stereocenters. The van der Waals surface area contributed by atoms with Crippen LogP contribution in [0.5, 0.6) is 0 Å². The highest BCUT2D eigenvalue weighted by Gasteiger charge is 2.17. The number of carboxylic acid groups (broad SMARTS) is 1. The first-order valence-corrected chi connectivity index (χ1v) is 5.31. The lowest BCUT2D eigenvalue weighted by molar-refractivity contribution is -0.143. The Morgan fingerprint density at radius 3 is 2.47 bits per heavy atom. The first-order chi connectivity index (χ1) is 8.09. The maximum Gasteiger partial charge on any atom is 0.306 e. The lowest BCUT2D eigenvalue weighted by atomic mass is 10.1. The van der Waals surface area contributed by atoms with Crippen LogP contribution in [0.3, 0.4) is 0 Å². The standard InChI is InChI=1S/C12H15NO4/c14-10(8-11(15)16)12(17)13-7-6-9-4-2-1-3-5-9/h1-5,10,14H,6-8H2,(H,13,17)(H,15,16). The van der Waals surface area contributed by atoms with Crippen molar-refractivity contribution in [2.75, 3.05) is 6.54 Å². The number of aliphatic hydroxyl groups excluding tert-OH is 1. The van der Waals surface area contributed by atoms with E-state index in [2.05, 4.69) is 5.32 Å². The van der Waals surface area contributed by atoms with E-state index in [1.165, 1.54) is 0 Å². The predicted molar refractivity (Wildman–Crippen MR) is 61.4 cm³/mol. The zero-order chi connectivity index (χ0) is 12.7. The van der Waals surface area contributed by atoms with Crippen LogP contribution >= 0.6 is 0 Å². The van der Waals surface area contributed by atoms with Gasteiger partial charge < -0.3 is 15.5 Å². The minimum atomic E-state index is -1.48. The fourth-order valence-corrected chi connectivity index (χ4v) is 1.35. The summed E-state index contributed by atoms with van der Waals surface area (Å²) in [4.78, 5) is 21.5. The van der Waals surface area contributed by atoms with Crippen LogP contribution < -0.4 is 5.32 Å². The van der Waals surface area contributed by atoms with E-state index in [9.17, 15) is 14.7 Å². The van der Waals surface area contributed by atoms with Gasteiger partial charge >= 0.3 is 5.97 Å². The van der Waals surface area contributed by atoms with Gasteiger partial charge in [-0.3, -0.25) is 9.59 Å². The summed E-state index contributed by atoms with van der Waals surface area (Å²) in [6, 6.07) is 9.56. The third kappa shape index (κ3) is 5.12. The lowest BCUT2D eigenvalue weighted by Gasteiger charge is -2.09. The highest BCUT2D eigenvalue weighted by molar-refractivity contribution is 5.84. The second-order valence-electron chi connectivity index (χ2n) is 3.64. The maximum absolute atomic E-state index is 11.2. The van der Waals surface area contributed by atoms with Crippen LogP contribution in [0.4, 0.5) is 0 Å². The van der Waals surface area contributed by atoms with E-state index in [4.69, 9.17) is 5.11 Å². The SMILES string of the molecule is O=C(O)CC(O)C(=O)NCCc1ccccc1. The second kappa shape index (κ2) is 6.65. The van der Waals surface area contributed by atoms with Gasteiger partial charge in [0.2, 0.25) is 5.91 Å². The number of hydrogen-bond donors (Lipinski definition) is 3. The number of carbonyl (C=O) groups is 2. The van der Waals surface area contributed by atoms with Gasteiger partial charge in [0.15, 0.2) is 0 Å². The van der Waals surface area contributed by atoms with Crippen molar-refractivity contribution in [3.05, 3.63) is 35.9 Å². The lowest BCUT2D eigenvalue weighted by Crippen LogP contribution is -2.36. The highest BCUT2D eigenvalue weighted by Crippen LogP contribution is 1.98. The molecule has 0 radical (unpaired) electrons. The summed E-state index contributed by atoms with van der Waals surface area (Å²) in [6.07, 6.45) is -1.41. The summed E-state index contributed by atoms with van der Waals surface area (Å²) in [5, 5.41) is 20.1. The Hall–Kier alpha value is -1.88. The fourth-order valence-electron chi connectivity index (χ4n) is 1.35. The van der Waals surface area contributed by atoms with E-state index in [0.29, 0.717) is 13.0 Å². The van der Waals surface area contributed by atoms with Gasteiger partial charge in [-0.05, 0) is 12.0 Å². The predicted octanol–water partition coefficient (Wildman–Crippen LogP) is 0.181. The van der Waals surface area contributed by atoms with E-state index >= 15 is 0 Å². The number of hydrogen-bond acceptors (Lipinski definition) is 3. The van der Waals surface area contributed by atoms with E-state index in [-0.39, 0.29) is 0 Å². The van der Waals surface area contributed by atoms with Crippen LogP contribution in [0, 0.1) is 0 Å². The monoisotopic (exact) mass is 237 g/mol. The van der Waals surface area contributed by atoms with Crippen molar-refractivity contribution in [1.29, 1.82) is 0 Å². The average Bonchev–Trinajstić information content (AvgIpc) is 2.29. The molecule has 1 atom stereocenters. The molecule has 0 aliphatic rings. The van der Waals surface area contributed by atoms with Crippen molar-refractivity contribution >= 4 is 11.9 Å². The number of rotatable bonds is 6. The van der Waals surface area contributed by atoms with E-state index < -0.39 is 24.4 Å². The molecule has 17 heavy (non-hydrogen) atoms. The number of carboxylic acids is 1. The topological polar surface area (TPSA) is 86.6 Å². The quantitative estimate of drug-likeness (QED) is 0.658. The van der Waals surface area contributed by atoms with Crippen LogP contribution in [0.1, 0.15) is 12.0 Å². The molecule has 1 aromatic carbocycles. The molecule has 0 fully saturated rings. The van der Waals surface area contributed by atoms with Crippen molar-refractivity contribution in [2.24, 2.45) is 0 Å². The van der Waals surface area contributed by atoms with Gasteiger partial charge in [0.05, 0.1) is 6.42 Å². The average molecular weight is 237 g/mol. The Morgan fingerprint density at radius 1 is 1.24 bits per heavy atom. The number of aliphatic carboxylic acids is 1. The van der Waals surface area contributed by atoms with Gasteiger partial charge in [-0.15, -0.1) is 0 Å². The minimum Gasteiger partial charge on any atom is -0.481 e. The van der Waals surface area contributed by atoms with Crippen LogP contribution in [0.25, 0.3) is 0 Å². The highest BCUT2D eigenvalue weighted by atomic mass is 16.4. The Morgan fingerprint density at radius 2 is 1.88 bits per heavy atom. The van der Waals surface area contributed by atoms with Crippen molar-refractivity contribution in [2.45, 2.75) is 18.9 Å². The van der Waals surface area contributed by atoms with Crippen LogP contribution in [0.2, 0.25) is 0 Å². The van der Waals surface area contributed by atoms with E-state index in [0.717, 1.165) is 5.56 Å². The summed E-state index contributed by atoms with van der Waals surface area (Å²) in [5.41, 5.74) is 1.07. The van der Waals surface area contributed by atoms with Crippen molar-refractivity contribution in [3.63, 3.8) is 0 Å². The molecule has 0 spiro atoms. The summed E-state index contributed by atoms with van der Waals surface area (Å²) < 4.78 is 0. The Balaban J connectivity index is 2.27. The normalized spacial score (nSPS) is 11.8. The number of amides is 1. The summed E-state index contributed by atoms with van der Waals surface area (Å²) in [5.74, 6) is -1.85. The molecule has 1 aromatic rings. The Bertz CT molecular complexity index is 377. The zero-order valence-electron chi connectivity index (χ0n) is 9.30. The maximum atomic E-state index is 11.2. The number of carbonyl (C=O) groups excluding carboxylic acids is 1. The Kier molecular flexibility index (Phi) is 5.16. The first-order valence-electron chi connectivity index (χ1n) is 5.31. The van der Waals surface area contributed by atoms with Gasteiger partial charge in [0.1, 0.15) is 6.10 Å². The number of benzene rings is 1. The van der Waals surface area contributed by atoms with Gasteiger partial charge in [-0.2, -0.15) is 0 Å². The van der Waals surface area contributed by atoms with Crippen molar-refractivity contribution in [1.82, 2.24) is 5.32 Å². The van der Waals surface area contributed by atoms with Crippen molar-refractivity contribution < 1.29 is 19.8 Å². The Labute approximate surface area is 99.1 Å². The molecule has 0 heterocycles. The molecule has 3 N–H and O–H groups in total. The van der Waals surface area contributed by atoms with Gasteiger partial charge in [-0.25, -0.2) is 0 Å². The third-order valence-electron chi connectivity index (χ3n) is 2.23. The smallest absolute Gasteiger partial charge is 0.306 e. The molecule has 5 heteroatoms. The molecule has 0 aliphatic heterocycles. The number of aliphatic hydroxyl groups is 1. The van der Waals surface area contributed by atoms with E-state index in [1.54, 1.807) is 0 Å². The molecule has 5 nitrogen and oxygen atoms in total. The first kappa shape index (κ1) is 13.2.